The predicted octanol–water partition coefficient (Wildman–Crippen LogP) is 2.64. The van der Waals surface area contributed by atoms with E-state index >= 15 is 0 Å². The van der Waals surface area contributed by atoms with Gasteiger partial charge in [0.2, 0.25) is 5.91 Å². The van der Waals surface area contributed by atoms with Crippen molar-refractivity contribution in [2.75, 3.05) is 27.7 Å². The van der Waals surface area contributed by atoms with E-state index in [1.165, 1.54) is 6.92 Å². The Bertz CT molecular complexity index is 787. The first kappa shape index (κ1) is 20.8. The zero-order valence-electron chi connectivity index (χ0n) is 15.7. The number of hydrogen-bond donors (Lipinski definition) is 1. The van der Waals surface area contributed by atoms with Crippen LogP contribution in [0, 0.1) is 6.92 Å². The van der Waals surface area contributed by atoms with Crippen LogP contribution in [0.4, 0.5) is 13.2 Å². The molecule has 1 atom stereocenters. The molecule has 0 fully saturated rings. The van der Waals surface area contributed by atoms with Gasteiger partial charge < -0.3 is 15.0 Å². The van der Waals surface area contributed by atoms with Crippen molar-refractivity contribution in [2.45, 2.75) is 25.7 Å². The van der Waals surface area contributed by atoms with Crippen molar-refractivity contribution in [1.82, 2.24) is 20.0 Å². The minimum Gasteiger partial charge on any atom is -0.496 e. The molecule has 1 unspecified atom stereocenters. The summed E-state index contributed by atoms with van der Waals surface area (Å²) in [6.07, 6.45) is -4.54. The number of hydrogen-bond acceptors (Lipinski definition) is 4. The van der Waals surface area contributed by atoms with Crippen LogP contribution in [0.5, 0.6) is 5.75 Å². The third-order valence-corrected chi connectivity index (χ3v) is 4.18. The van der Waals surface area contributed by atoms with E-state index in [4.69, 9.17) is 4.74 Å². The van der Waals surface area contributed by atoms with Crippen LogP contribution in [-0.4, -0.2) is 48.3 Å². The van der Waals surface area contributed by atoms with Crippen LogP contribution in [0.1, 0.15) is 23.0 Å². The highest BCUT2D eigenvalue weighted by Gasteiger charge is 2.34. The Morgan fingerprint density at radius 3 is 2.56 bits per heavy atom. The largest absolute Gasteiger partial charge is 0.496 e. The maximum Gasteiger partial charge on any atom is 0.435 e. The highest BCUT2D eigenvalue weighted by Crippen LogP contribution is 2.29. The summed E-state index contributed by atoms with van der Waals surface area (Å²) < 4.78 is 44.6. The second kappa shape index (κ2) is 8.43. The molecule has 0 bridgehead atoms. The van der Waals surface area contributed by atoms with E-state index in [9.17, 15) is 18.0 Å². The zero-order valence-corrected chi connectivity index (χ0v) is 15.7. The van der Waals surface area contributed by atoms with Crippen LogP contribution >= 0.6 is 0 Å². The lowest BCUT2D eigenvalue weighted by Crippen LogP contribution is -2.36. The number of aromatic nitrogens is 2. The van der Waals surface area contributed by atoms with Crippen LogP contribution in [0.3, 0.4) is 0 Å². The van der Waals surface area contributed by atoms with Crippen LogP contribution in [0.25, 0.3) is 0 Å². The highest BCUT2D eigenvalue weighted by atomic mass is 19.4. The maximum atomic E-state index is 12.7. The number of para-hydroxylation sites is 1. The quantitative estimate of drug-likeness (QED) is 0.797. The van der Waals surface area contributed by atoms with Gasteiger partial charge in [0.1, 0.15) is 12.3 Å². The summed E-state index contributed by atoms with van der Waals surface area (Å²) in [6.45, 7) is 1.47. The number of nitrogens with zero attached hydrogens (tertiary/aromatic N) is 3. The Morgan fingerprint density at radius 2 is 2.00 bits per heavy atom. The number of likely N-dealkylation sites (N-methyl/N-ethyl adjacent to an activating group) is 1. The number of carbonyl (C=O) groups excluding carboxylic acids is 1. The topological polar surface area (TPSA) is 59.4 Å². The fraction of sp³-hybridized carbons (Fsp3) is 0.444. The molecule has 1 amide bonds. The number of amides is 1. The number of benzene rings is 1. The normalized spacial score (nSPS) is 12.9. The lowest BCUT2D eigenvalue weighted by atomic mass is 10.0. The predicted molar refractivity (Wildman–Crippen MR) is 94.4 cm³/mol. The zero-order chi connectivity index (χ0) is 20.2. The van der Waals surface area contributed by atoms with E-state index in [1.807, 2.05) is 43.3 Å². The Balaban J connectivity index is 2.06. The second-order valence-corrected chi connectivity index (χ2v) is 6.35. The number of ether oxygens (including phenoxy) is 1. The summed E-state index contributed by atoms with van der Waals surface area (Å²) >= 11 is 0. The molecular formula is C18H23F3N4O2. The average Bonchev–Trinajstić information content (AvgIpc) is 2.96. The summed E-state index contributed by atoms with van der Waals surface area (Å²) in [5.74, 6) is 0.278. The first-order valence-electron chi connectivity index (χ1n) is 8.31. The molecule has 1 N–H and O–H groups in total. The summed E-state index contributed by atoms with van der Waals surface area (Å²) in [7, 11) is 5.32. The third kappa shape index (κ3) is 5.22. The van der Waals surface area contributed by atoms with Gasteiger partial charge in [-0.1, -0.05) is 18.2 Å². The molecule has 9 heteroatoms. The molecule has 0 spiro atoms. The van der Waals surface area contributed by atoms with E-state index in [0.29, 0.717) is 5.75 Å². The fourth-order valence-electron chi connectivity index (χ4n) is 2.72. The molecule has 0 radical (unpaired) electrons. The number of methoxy groups -OCH3 is 1. The molecule has 0 saturated carbocycles. The molecule has 6 nitrogen and oxygen atoms in total. The van der Waals surface area contributed by atoms with Crippen LogP contribution in [0.15, 0.2) is 30.3 Å². The van der Waals surface area contributed by atoms with Gasteiger partial charge in [0.15, 0.2) is 5.69 Å². The summed E-state index contributed by atoms with van der Waals surface area (Å²) in [5.41, 5.74) is 0.166. The molecule has 2 rings (SSSR count). The number of carbonyl (C=O) groups is 1. The first-order chi connectivity index (χ1) is 12.6. The molecule has 0 aliphatic heterocycles. The van der Waals surface area contributed by atoms with Gasteiger partial charge in [-0.3, -0.25) is 9.48 Å². The van der Waals surface area contributed by atoms with Crippen molar-refractivity contribution >= 4 is 5.91 Å². The lowest BCUT2D eigenvalue weighted by molar-refractivity contribution is -0.141. The van der Waals surface area contributed by atoms with Gasteiger partial charge in [-0.25, -0.2) is 0 Å². The number of nitrogens with one attached hydrogen (secondary N) is 1. The lowest BCUT2D eigenvalue weighted by Gasteiger charge is -2.26. The van der Waals surface area contributed by atoms with Gasteiger partial charge in [-0.05, 0) is 33.2 Å². The molecule has 2 aromatic rings. The standard InChI is InChI=1S/C18H23F3N4O2/c1-12-9-16(18(19,20)21)23-25(12)11-17(26)22-10-14(24(2)3)13-7-5-6-8-15(13)27-4/h5-9,14H,10-11H2,1-4H3,(H,22,26). The number of halogens is 3. The van der Waals surface area contributed by atoms with E-state index < -0.39 is 17.8 Å². The Labute approximate surface area is 155 Å². The maximum absolute atomic E-state index is 12.7. The molecule has 1 heterocycles. The molecule has 0 saturated heterocycles. The molecular weight excluding hydrogens is 361 g/mol. The van der Waals surface area contributed by atoms with Gasteiger partial charge in [-0.15, -0.1) is 0 Å². The number of rotatable bonds is 7. The van der Waals surface area contributed by atoms with Crippen LogP contribution in [-0.2, 0) is 17.5 Å². The second-order valence-electron chi connectivity index (χ2n) is 6.35. The minimum atomic E-state index is -4.54. The average molecular weight is 384 g/mol. The summed E-state index contributed by atoms with van der Waals surface area (Å²) in [4.78, 5) is 14.2. The van der Waals surface area contributed by atoms with E-state index in [-0.39, 0.29) is 24.8 Å². The molecule has 1 aromatic heterocycles. The van der Waals surface area contributed by atoms with Gasteiger partial charge >= 0.3 is 6.18 Å². The Kier molecular flexibility index (Phi) is 6.48. The SMILES string of the molecule is COc1ccccc1C(CNC(=O)Cn1nc(C(F)(F)F)cc1C)N(C)C. The summed E-state index contributed by atoms with van der Waals surface area (Å²) in [5, 5.41) is 6.23. The van der Waals surface area contributed by atoms with Crippen molar-refractivity contribution in [3.63, 3.8) is 0 Å². The van der Waals surface area contributed by atoms with Crippen LogP contribution in [0.2, 0.25) is 0 Å². The highest BCUT2D eigenvalue weighted by molar-refractivity contribution is 5.75. The van der Waals surface area contributed by atoms with Crippen molar-refractivity contribution in [3.05, 3.63) is 47.3 Å². The molecule has 1 aromatic carbocycles. The smallest absolute Gasteiger partial charge is 0.435 e. The van der Waals surface area contributed by atoms with E-state index in [2.05, 4.69) is 10.4 Å². The van der Waals surface area contributed by atoms with Gasteiger partial charge in [-0.2, -0.15) is 18.3 Å². The number of aryl methyl sites for hydroxylation is 1. The first-order valence-corrected chi connectivity index (χ1v) is 8.31. The van der Waals surface area contributed by atoms with E-state index in [0.717, 1.165) is 16.3 Å². The molecule has 0 aliphatic carbocycles. The van der Waals surface area contributed by atoms with Crippen molar-refractivity contribution in [3.8, 4) is 5.75 Å². The Hall–Kier alpha value is -2.55. The van der Waals surface area contributed by atoms with Crippen molar-refractivity contribution in [2.24, 2.45) is 0 Å². The van der Waals surface area contributed by atoms with Crippen molar-refractivity contribution in [1.29, 1.82) is 0 Å². The third-order valence-electron chi connectivity index (χ3n) is 4.18. The van der Waals surface area contributed by atoms with Gasteiger partial charge in [0.25, 0.3) is 0 Å². The molecule has 27 heavy (non-hydrogen) atoms. The van der Waals surface area contributed by atoms with E-state index in [1.54, 1.807) is 7.11 Å². The fourth-order valence-corrected chi connectivity index (χ4v) is 2.72. The minimum absolute atomic E-state index is 0.158. The number of alkyl halides is 3. The van der Waals surface area contributed by atoms with Crippen molar-refractivity contribution < 1.29 is 22.7 Å². The Morgan fingerprint density at radius 1 is 1.33 bits per heavy atom. The van der Waals surface area contributed by atoms with Gasteiger partial charge in [0, 0.05) is 17.8 Å². The van der Waals surface area contributed by atoms with Crippen LogP contribution < -0.4 is 10.1 Å². The monoisotopic (exact) mass is 384 g/mol. The van der Waals surface area contributed by atoms with Gasteiger partial charge in [0.05, 0.1) is 13.2 Å². The molecule has 0 aliphatic rings. The summed E-state index contributed by atoms with van der Waals surface area (Å²) in [6, 6.07) is 8.23. The molecule has 148 valence electrons.